The van der Waals surface area contributed by atoms with Crippen LogP contribution in [0.5, 0.6) is 5.75 Å². The first kappa shape index (κ1) is 18.0. The Morgan fingerprint density at radius 3 is 2.43 bits per heavy atom. The zero-order valence-corrected chi connectivity index (χ0v) is 14.5. The number of halogens is 3. The van der Waals surface area contributed by atoms with Crippen molar-refractivity contribution in [2.75, 3.05) is 20.2 Å². The Bertz CT molecular complexity index is 782. The van der Waals surface area contributed by atoms with E-state index in [9.17, 15) is 12.8 Å². The summed E-state index contributed by atoms with van der Waals surface area (Å²) in [5.74, 6) is 0.0885. The predicted octanol–water partition coefficient (Wildman–Crippen LogP) is 3.83. The summed E-state index contributed by atoms with van der Waals surface area (Å²) >= 11 is 11.8. The van der Waals surface area contributed by atoms with Crippen LogP contribution >= 0.6 is 23.2 Å². The van der Waals surface area contributed by atoms with Crippen molar-refractivity contribution in [1.82, 2.24) is 4.31 Å². The molecule has 0 saturated heterocycles. The Hall–Kier alpha value is -1.34. The third-order valence-electron chi connectivity index (χ3n) is 3.07. The molecule has 0 unspecified atom stereocenters. The molecule has 2 aromatic carbocycles. The highest BCUT2D eigenvalue weighted by Crippen LogP contribution is 2.27. The van der Waals surface area contributed by atoms with E-state index in [1.807, 2.05) is 0 Å². The number of nitrogens with zero attached hydrogens (tertiary/aromatic N) is 1. The molecule has 0 spiro atoms. The lowest BCUT2D eigenvalue weighted by molar-refractivity contribution is 0.286. The van der Waals surface area contributed by atoms with Gasteiger partial charge in [0, 0.05) is 18.6 Å². The lowest BCUT2D eigenvalue weighted by Crippen LogP contribution is -2.31. The number of sulfonamides is 1. The minimum absolute atomic E-state index is 0.0593. The topological polar surface area (TPSA) is 46.6 Å². The number of ether oxygens (including phenoxy) is 1. The molecule has 0 aliphatic rings. The number of rotatable bonds is 6. The zero-order valence-electron chi connectivity index (χ0n) is 12.2. The van der Waals surface area contributed by atoms with E-state index in [1.54, 1.807) is 0 Å². The second-order valence-corrected chi connectivity index (χ2v) is 7.56. The van der Waals surface area contributed by atoms with Crippen molar-refractivity contribution in [1.29, 1.82) is 0 Å². The molecule has 2 rings (SSSR count). The minimum atomic E-state index is -3.78. The summed E-state index contributed by atoms with van der Waals surface area (Å²) in [5.41, 5.74) is 0. The van der Waals surface area contributed by atoms with Gasteiger partial charge in [-0.2, -0.15) is 4.31 Å². The lowest BCUT2D eigenvalue weighted by atomic mass is 10.3. The van der Waals surface area contributed by atoms with Gasteiger partial charge >= 0.3 is 0 Å². The van der Waals surface area contributed by atoms with E-state index in [0.717, 1.165) is 4.31 Å². The van der Waals surface area contributed by atoms with Crippen molar-refractivity contribution >= 4 is 33.2 Å². The molecule has 0 aliphatic carbocycles. The molecule has 8 heteroatoms. The first-order valence-corrected chi connectivity index (χ1v) is 8.80. The van der Waals surface area contributed by atoms with Gasteiger partial charge in [0.15, 0.2) is 0 Å². The number of likely N-dealkylation sites (N-methyl/N-ethyl adjacent to an activating group) is 1. The van der Waals surface area contributed by atoms with Crippen LogP contribution in [0.3, 0.4) is 0 Å². The molecular weight excluding hydrogens is 364 g/mol. The predicted molar refractivity (Wildman–Crippen MR) is 88.2 cm³/mol. The fourth-order valence-electron chi connectivity index (χ4n) is 1.79. The van der Waals surface area contributed by atoms with Crippen LogP contribution in [-0.2, 0) is 10.0 Å². The van der Waals surface area contributed by atoms with Gasteiger partial charge < -0.3 is 4.74 Å². The smallest absolute Gasteiger partial charge is 0.244 e. The number of hydrogen-bond donors (Lipinski definition) is 0. The zero-order chi connectivity index (χ0) is 17.0. The van der Waals surface area contributed by atoms with E-state index in [-0.39, 0.29) is 33.9 Å². The van der Waals surface area contributed by atoms with Crippen LogP contribution in [0.2, 0.25) is 10.0 Å². The van der Waals surface area contributed by atoms with Gasteiger partial charge in [0.2, 0.25) is 10.0 Å². The molecule has 0 N–H and O–H groups in total. The molecular formula is C15H14Cl2FNO3S. The van der Waals surface area contributed by atoms with E-state index in [0.29, 0.717) is 5.75 Å². The molecule has 0 bridgehead atoms. The molecule has 0 aliphatic heterocycles. The van der Waals surface area contributed by atoms with Crippen molar-refractivity contribution in [2.24, 2.45) is 0 Å². The summed E-state index contributed by atoms with van der Waals surface area (Å²) in [6.07, 6.45) is 0. The first-order chi connectivity index (χ1) is 10.8. The Balaban J connectivity index is 2.02. The average molecular weight is 378 g/mol. The Kier molecular flexibility index (Phi) is 5.86. The van der Waals surface area contributed by atoms with E-state index in [2.05, 4.69) is 0 Å². The van der Waals surface area contributed by atoms with Crippen LogP contribution < -0.4 is 4.74 Å². The van der Waals surface area contributed by atoms with Crippen molar-refractivity contribution in [3.05, 3.63) is 58.3 Å². The SMILES string of the molecule is CN(CCOc1ccc(F)cc1)S(=O)(=O)c1cc(Cl)ccc1Cl. The van der Waals surface area contributed by atoms with Gasteiger partial charge in [-0.15, -0.1) is 0 Å². The fraction of sp³-hybridized carbons (Fsp3) is 0.200. The van der Waals surface area contributed by atoms with Crippen LogP contribution in [0, 0.1) is 5.82 Å². The van der Waals surface area contributed by atoms with Gasteiger partial charge in [-0.05, 0) is 42.5 Å². The Morgan fingerprint density at radius 2 is 1.78 bits per heavy atom. The van der Waals surface area contributed by atoms with Gasteiger partial charge in [-0.1, -0.05) is 23.2 Å². The second-order valence-electron chi connectivity index (χ2n) is 4.70. The molecule has 0 fully saturated rings. The van der Waals surface area contributed by atoms with Gasteiger partial charge in [-0.3, -0.25) is 0 Å². The summed E-state index contributed by atoms with van der Waals surface area (Å²) in [4.78, 5) is -0.0593. The third-order valence-corrected chi connectivity index (χ3v) is 5.64. The van der Waals surface area contributed by atoms with Crippen LogP contribution in [0.25, 0.3) is 0 Å². The van der Waals surface area contributed by atoms with Crippen molar-refractivity contribution < 1.29 is 17.5 Å². The highest BCUT2D eigenvalue weighted by molar-refractivity contribution is 7.89. The lowest BCUT2D eigenvalue weighted by Gasteiger charge is -2.18. The molecule has 0 aromatic heterocycles. The van der Waals surface area contributed by atoms with Crippen molar-refractivity contribution in [3.8, 4) is 5.75 Å². The second kappa shape index (κ2) is 7.49. The standard InChI is InChI=1S/C15H14Cl2FNO3S/c1-19(8-9-22-13-5-3-12(18)4-6-13)23(20,21)15-10-11(16)2-7-14(15)17/h2-7,10H,8-9H2,1H3. The van der Waals surface area contributed by atoms with E-state index < -0.39 is 10.0 Å². The minimum Gasteiger partial charge on any atom is -0.492 e. The van der Waals surface area contributed by atoms with E-state index in [4.69, 9.17) is 27.9 Å². The Labute approximate surface area is 144 Å². The molecule has 124 valence electrons. The summed E-state index contributed by atoms with van der Waals surface area (Å²) in [7, 11) is -2.36. The van der Waals surface area contributed by atoms with Crippen LogP contribution in [0.15, 0.2) is 47.4 Å². The van der Waals surface area contributed by atoms with Crippen molar-refractivity contribution in [3.63, 3.8) is 0 Å². The first-order valence-electron chi connectivity index (χ1n) is 6.60. The molecule has 0 atom stereocenters. The quantitative estimate of drug-likeness (QED) is 0.768. The van der Waals surface area contributed by atoms with Crippen LogP contribution in [0.4, 0.5) is 4.39 Å². The normalized spacial score (nSPS) is 11.7. The molecule has 0 amide bonds. The van der Waals surface area contributed by atoms with Gasteiger partial charge in [0.05, 0.1) is 5.02 Å². The monoisotopic (exact) mass is 377 g/mol. The van der Waals surface area contributed by atoms with Gasteiger partial charge in [-0.25, -0.2) is 12.8 Å². The highest BCUT2D eigenvalue weighted by Gasteiger charge is 2.23. The molecule has 0 saturated carbocycles. The molecule has 23 heavy (non-hydrogen) atoms. The van der Waals surface area contributed by atoms with Crippen LogP contribution in [-0.4, -0.2) is 32.9 Å². The summed E-state index contributed by atoms with van der Waals surface area (Å²) in [5, 5.41) is 0.379. The maximum Gasteiger partial charge on any atom is 0.244 e. The molecule has 4 nitrogen and oxygen atoms in total. The molecule has 0 heterocycles. The van der Waals surface area contributed by atoms with Gasteiger partial charge in [0.1, 0.15) is 23.1 Å². The molecule has 0 radical (unpaired) electrons. The summed E-state index contributed by atoms with van der Waals surface area (Å²) in [6.45, 7) is 0.210. The van der Waals surface area contributed by atoms with Crippen LogP contribution in [0.1, 0.15) is 0 Å². The van der Waals surface area contributed by atoms with Crippen molar-refractivity contribution in [2.45, 2.75) is 4.90 Å². The van der Waals surface area contributed by atoms with E-state index in [1.165, 1.54) is 49.5 Å². The molecule has 2 aromatic rings. The number of benzene rings is 2. The maximum atomic E-state index is 12.8. The van der Waals surface area contributed by atoms with E-state index >= 15 is 0 Å². The third kappa shape index (κ3) is 4.57. The highest BCUT2D eigenvalue weighted by atomic mass is 35.5. The summed E-state index contributed by atoms with van der Waals surface area (Å²) in [6, 6.07) is 9.72. The fourth-order valence-corrected chi connectivity index (χ4v) is 3.67. The Morgan fingerprint density at radius 1 is 1.13 bits per heavy atom. The van der Waals surface area contributed by atoms with Gasteiger partial charge in [0.25, 0.3) is 0 Å². The number of hydrogen-bond acceptors (Lipinski definition) is 3. The summed E-state index contributed by atoms with van der Waals surface area (Å²) < 4.78 is 44.2. The maximum absolute atomic E-state index is 12.8. The largest absolute Gasteiger partial charge is 0.492 e. The average Bonchev–Trinajstić information content (AvgIpc) is 2.51.